The summed E-state index contributed by atoms with van der Waals surface area (Å²) in [6, 6.07) is 59.6. The van der Waals surface area contributed by atoms with Crippen LogP contribution in [0.3, 0.4) is 0 Å². The van der Waals surface area contributed by atoms with E-state index in [4.69, 9.17) is 14.4 Å². The Labute approximate surface area is 282 Å². The number of aromatic nitrogens is 2. The zero-order valence-corrected chi connectivity index (χ0v) is 26.5. The second-order valence-electron chi connectivity index (χ2n) is 12.5. The molecule has 0 bridgehead atoms. The Morgan fingerprint density at radius 2 is 0.878 bits per heavy atom. The molecule has 0 aliphatic heterocycles. The van der Waals surface area contributed by atoms with Crippen LogP contribution in [0.1, 0.15) is 0 Å². The molecule has 0 aliphatic rings. The van der Waals surface area contributed by atoms with Gasteiger partial charge in [-0.15, -0.1) is 0 Å². The van der Waals surface area contributed by atoms with Crippen LogP contribution in [0.4, 0.5) is 0 Å². The predicted molar refractivity (Wildman–Crippen MR) is 204 cm³/mol. The smallest absolute Gasteiger partial charge is 0.160 e. The quantitative estimate of drug-likeness (QED) is 0.183. The van der Waals surface area contributed by atoms with E-state index in [-0.39, 0.29) is 0 Å². The molecule has 49 heavy (non-hydrogen) atoms. The third kappa shape index (κ3) is 4.51. The van der Waals surface area contributed by atoms with Gasteiger partial charge in [-0.3, -0.25) is 0 Å². The zero-order chi connectivity index (χ0) is 32.3. The van der Waals surface area contributed by atoms with Crippen molar-refractivity contribution in [3.8, 4) is 45.0 Å². The van der Waals surface area contributed by atoms with Gasteiger partial charge in [-0.25, -0.2) is 9.97 Å². The molecule has 8 aromatic carbocycles. The van der Waals surface area contributed by atoms with Crippen LogP contribution in [0.5, 0.6) is 0 Å². The highest BCUT2D eigenvalue weighted by Gasteiger charge is 2.17. The normalized spacial score (nSPS) is 11.7. The van der Waals surface area contributed by atoms with Gasteiger partial charge in [0, 0.05) is 32.8 Å². The van der Waals surface area contributed by atoms with Gasteiger partial charge in [0.1, 0.15) is 11.2 Å². The van der Waals surface area contributed by atoms with Gasteiger partial charge in [0.25, 0.3) is 0 Å². The van der Waals surface area contributed by atoms with Gasteiger partial charge in [0.05, 0.1) is 11.4 Å². The van der Waals surface area contributed by atoms with Crippen molar-refractivity contribution in [3.63, 3.8) is 0 Å². The summed E-state index contributed by atoms with van der Waals surface area (Å²) in [4.78, 5) is 10.3. The first-order valence-electron chi connectivity index (χ1n) is 16.6. The van der Waals surface area contributed by atoms with Crippen molar-refractivity contribution in [2.45, 2.75) is 0 Å². The predicted octanol–water partition coefficient (Wildman–Crippen LogP) is 12.5. The van der Waals surface area contributed by atoms with Crippen LogP contribution in [0, 0.1) is 0 Å². The molecule has 2 heterocycles. The molecule has 10 aromatic rings. The van der Waals surface area contributed by atoms with Gasteiger partial charge >= 0.3 is 0 Å². The standard InChI is InChI=1S/C46H28N2O/c1-3-12-29(13-4-1)31-16-11-17-32(26-31)41-28-42(48-46(47-41)30-14-5-2-6-15-30)33-22-23-35-38-24-25-39-36-19-9-10-21-43(36)49-45(39)44(38)37-20-8-7-18-34(37)40(35)27-33/h1-28H. The Morgan fingerprint density at radius 1 is 0.327 bits per heavy atom. The molecular weight excluding hydrogens is 597 g/mol. The van der Waals surface area contributed by atoms with Crippen LogP contribution in [-0.4, -0.2) is 9.97 Å². The van der Waals surface area contributed by atoms with E-state index in [1.807, 2.05) is 36.4 Å². The topological polar surface area (TPSA) is 38.9 Å². The number of furan rings is 1. The fourth-order valence-corrected chi connectivity index (χ4v) is 7.33. The molecule has 0 saturated carbocycles. The van der Waals surface area contributed by atoms with E-state index in [1.54, 1.807) is 0 Å². The molecule has 3 heteroatoms. The Morgan fingerprint density at radius 3 is 1.67 bits per heavy atom. The molecule has 0 aliphatic carbocycles. The zero-order valence-electron chi connectivity index (χ0n) is 26.5. The number of nitrogens with zero attached hydrogens (tertiary/aromatic N) is 2. The van der Waals surface area contributed by atoms with Gasteiger partial charge in [-0.05, 0) is 68.4 Å². The summed E-state index contributed by atoms with van der Waals surface area (Å²) in [5.41, 5.74) is 9.02. The van der Waals surface area contributed by atoms with Crippen molar-refractivity contribution in [3.05, 3.63) is 170 Å². The lowest BCUT2D eigenvalue weighted by atomic mass is 9.91. The first-order valence-corrected chi connectivity index (χ1v) is 16.6. The maximum Gasteiger partial charge on any atom is 0.160 e. The van der Waals surface area contributed by atoms with Gasteiger partial charge in [-0.2, -0.15) is 0 Å². The third-order valence-electron chi connectivity index (χ3n) is 9.66. The van der Waals surface area contributed by atoms with Gasteiger partial charge < -0.3 is 4.42 Å². The largest absolute Gasteiger partial charge is 0.455 e. The summed E-state index contributed by atoms with van der Waals surface area (Å²) >= 11 is 0. The van der Waals surface area contributed by atoms with Crippen molar-refractivity contribution in [2.75, 3.05) is 0 Å². The molecule has 0 radical (unpaired) electrons. The highest BCUT2D eigenvalue weighted by atomic mass is 16.3. The van der Waals surface area contributed by atoms with E-state index < -0.39 is 0 Å². The van der Waals surface area contributed by atoms with E-state index in [0.717, 1.165) is 61.0 Å². The molecule has 228 valence electrons. The lowest BCUT2D eigenvalue weighted by Gasteiger charge is -2.14. The summed E-state index contributed by atoms with van der Waals surface area (Å²) in [7, 11) is 0. The number of benzene rings is 8. The van der Waals surface area contributed by atoms with Crippen LogP contribution in [0.2, 0.25) is 0 Å². The Balaban J connectivity index is 1.20. The average molecular weight is 625 g/mol. The first kappa shape index (κ1) is 27.5. The highest BCUT2D eigenvalue weighted by molar-refractivity contribution is 6.32. The SMILES string of the molecule is c1ccc(-c2cccc(-c3cc(-c4ccc5c(c4)c4ccccc4c4c5ccc5c6ccccc6oc54)nc(-c4ccccc4)n3)c2)cc1. The van der Waals surface area contributed by atoms with Crippen LogP contribution in [0.15, 0.2) is 174 Å². The highest BCUT2D eigenvalue weighted by Crippen LogP contribution is 2.43. The summed E-state index contributed by atoms with van der Waals surface area (Å²) in [6.07, 6.45) is 0. The minimum absolute atomic E-state index is 0.703. The number of fused-ring (bicyclic) bond motifs is 10. The second kappa shape index (κ2) is 11.0. The Kier molecular flexibility index (Phi) is 6.18. The van der Waals surface area contributed by atoms with Crippen LogP contribution < -0.4 is 0 Å². The van der Waals surface area contributed by atoms with Crippen molar-refractivity contribution in [1.29, 1.82) is 0 Å². The lowest BCUT2D eigenvalue weighted by Crippen LogP contribution is -1.96. The average Bonchev–Trinajstić information content (AvgIpc) is 3.57. The van der Waals surface area contributed by atoms with E-state index in [2.05, 4.69) is 133 Å². The lowest BCUT2D eigenvalue weighted by molar-refractivity contribution is 0.673. The molecule has 0 amide bonds. The monoisotopic (exact) mass is 624 g/mol. The van der Waals surface area contributed by atoms with E-state index in [0.29, 0.717) is 5.82 Å². The molecule has 2 aromatic heterocycles. The fourth-order valence-electron chi connectivity index (χ4n) is 7.33. The van der Waals surface area contributed by atoms with E-state index in [1.165, 1.54) is 32.5 Å². The van der Waals surface area contributed by atoms with Crippen molar-refractivity contribution < 1.29 is 4.42 Å². The maximum absolute atomic E-state index is 6.55. The van der Waals surface area contributed by atoms with E-state index in [9.17, 15) is 0 Å². The third-order valence-corrected chi connectivity index (χ3v) is 9.66. The van der Waals surface area contributed by atoms with Crippen molar-refractivity contribution >= 4 is 54.3 Å². The van der Waals surface area contributed by atoms with E-state index >= 15 is 0 Å². The molecule has 10 rings (SSSR count). The minimum Gasteiger partial charge on any atom is -0.455 e. The molecule has 0 saturated heterocycles. The Hall–Kier alpha value is -6.58. The molecule has 0 N–H and O–H groups in total. The summed E-state index contributed by atoms with van der Waals surface area (Å²) in [5, 5.41) is 9.35. The number of hydrogen-bond acceptors (Lipinski definition) is 3. The molecule has 3 nitrogen and oxygen atoms in total. The number of para-hydroxylation sites is 1. The fraction of sp³-hybridized carbons (Fsp3) is 0. The summed E-state index contributed by atoms with van der Waals surface area (Å²) < 4.78 is 6.55. The van der Waals surface area contributed by atoms with Gasteiger partial charge in [0.15, 0.2) is 5.82 Å². The molecule has 0 fully saturated rings. The summed E-state index contributed by atoms with van der Waals surface area (Å²) in [5.74, 6) is 0.703. The van der Waals surface area contributed by atoms with Crippen molar-refractivity contribution in [1.82, 2.24) is 9.97 Å². The second-order valence-corrected chi connectivity index (χ2v) is 12.5. The minimum atomic E-state index is 0.703. The summed E-state index contributed by atoms with van der Waals surface area (Å²) in [6.45, 7) is 0. The van der Waals surface area contributed by atoms with Gasteiger partial charge in [0.2, 0.25) is 0 Å². The maximum atomic E-state index is 6.55. The molecule has 0 atom stereocenters. The molecule has 0 unspecified atom stereocenters. The number of rotatable bonds is 4. The van der Waals surface area contributed by atoms with Crippen LogP contribution in [-0.2, 0) is 0 Å². The Bertz CT molecular complexity index is 2850. The first-order chi connectivity index (χ1) is 24.3. The molecule has 0 spiro atoms. The van der Waals surface area contributed by atoms with Crippen LogP contribution >= 0.6 is 0 Å². The van der Waals surface area contributed by atoms with Crippen LogP contribution in [0.25, 0.3) is 99.3 Å². The molecular formula is C46H28N2O. The van der Waals surface area contributed by atoms with Crippen molar-refractivity contribution in [2.24, 2.45) is 0 Å². The number of hydrogen-bond donors (Lipinski definition) is 0. The van der Waals surface area contributed by atoms with Gasteiger partial charge in [-0.1, -0.05) is 140 Å².